The van der Waals surface area contributed by atoms with E-state index in [4.69, 9.17) is 4.74 Å². The van der Waals surface area contributed by atoms with Crippen LogP contribution in [0.25, 0.3) is 0 Å². The zero-order valence-electron chi connectivity index (χ0n) is 13.5. The summed E-state index contributed by atoms with van der Waals surface area (Å²) in [5.74, 6) is -0.506. The number of halogens is 1. The molecule has 6 nitrogen and oxygen atoms in total. The quantitative estimate of drug-likeness (QED) is 0.869. The van der Waals surface area contributed by atoms with E-state index in [2.05, 4.69) is 10.6 Å². The molecule has 0 radical (unpaired) electrons. The average Bonchev–Trinajstić information content (AvgIpc) is 3.21. The molecule has 0 aromatic heterocycles. The van der Waals surface area contributed by atoms with Crippen molar-refractivity contribution in [3.8, 4) is 0 Å². The second-order valence-corrected chi connectivity index (χ2v) is 6.12. The van der Waals surface area contributed by atoms with Crippen molar-refractivity contribution in [2.45, 2.75) is 38.2 Å². The van der Waals surface area contributed by atoms with Gasteiger partial charge in [0.05, 0.1) is 11.8 Å². The smallest absolute Gasteiger partial charge is 0.319 e. The summed E-state index contributed by atoms with van der Waals surface area (Å²) in [6.45, 7) is 1.88. The van der Waals surface area contributed by atoms with Crippen LogP contribution in [0.2, 0.25) is 0 Å². The fourth-order valence-electron chi connectivity index (χ4n) is 3.08. The lowest BCUT2D eigenvalue weighted by atomic mass is 10.2. The number of hydrogen-bond donors (Lipinski definition) is 2. The molecule has 2 aliphatic rings. The third-order valence-corrected chi connectivity index (χ3v) is 4.36. The van der Waals surface area contributed by atoms with Crippen molar-refractivity contribution >= 4 is 23.3 Å². The predicted molar refractivity (Wildman–Crippen MR) is 88.6 cm³/mol. The van der Waals surface area contributed by atoms with E-state index < -0.39 is 11.8 Å². The minimum Gasteiger partial charge on any atom is -0.378 e. The van der Waals surface area contributed by atoms with E-state index in [-0.39, 0.29) is 17.7 Å². The second-order valence-electron chi connectivity index (χ2n) is 6.12. The zero-order valence-corrected chi connectivity index (χ0v) is 13.5. The summed E-state index contributed by atoms with van der Waals surface area (Å²) in [6.07, 6.45) is 4.32. The third-order valence-electron chi connectivity index (χ3n) is 4.36. The molecule has 1 unspecified atom stereocenters. The summed E-state index contributed by atoms with van der Waals surface area (Å²) < 4.78 is 19.4. The topological polar surface area (TPSA) is 70.7 Å². The maximum atomic E-state index is 13.9. The number of ether oxygens (including phenoxy) is 1. The van der Waals surface area contributed by atoms with Gasteiger partial charge in [0.15, 0.2) is 0 Å². The van der Waals surface area contributed by atoms with Crippen LogP contribution < -0.4 is 15.5 Å². The molecule has 0 aliphatic carbocycles. The Morgan fingerprint density at radius 3 is 2.96 bits per heavy atom. The Kier molecular flexibility index (Phi) is 5.30. The number of hydrogen-bond acceptors (Lipinski definition) is 3. The minimum atomic E-state index is -0.528. The number of nitrogens with one attached hydrogen (secondary N) is 2. The molecule has 24 heavy (non-hydrogen) atoms. The van der Waals surface area contributed by atoms with Crippen LogP contribution in [0.1, 0.15) is 32.1 Å². The van der Waals surface area contributed by atoms with Crippen LogP contribution in [0.15, 0.2) is 18.2 Å². The lowest BCUT2D eigenvalue weighted by molar-refractivity contribution is -0.117. The molecule has 1 aromatic carbocycles. The van der Waals surface area contributed by atoms with Gasteiger partial charge in [-0.25, -0.2) is 9.18 Å². The Bertz CT molecular complexity index is 617. The SMILES string of the molecule is O=C(NCCC1CCCO1)Nc1cc(N2CCCC2=O)ccc1F. The molecule has 3 rings (SSSR count). The molecule has 2 aliphatic heterocycles. The normalized spacial score (nSPS) is 20.5. The zero-order chi connectivity index (χ0) is 16.9. The summed E-state index contributed by atoms with van der Waals surface area (Å²) in [4.78, 5) is 25.3. The van der Waals surface area contributed by atoms with Gasteiger partial charge in [-0.05, 0) is 43.9 Å². The molecule has 2 fully saturated rings. The van der Waals surface area contributed by atoms with Crippen LogP contribution in [0.4, 0.5) is 20.6 Å². The number of amides is 3. The number of benzene rings is 1. The summed E-state index contributed by atoms with van der Waals surface area (Å²) >= 11 is 0. The van der Waals surface area contributed by atoms with E-state index in [1.54, 1.807) is 11.0 Å². The second kappa shape index (κ2) is 7.61. The Balaban J connectivity index is 1.55. The highest BCUT2D eigenvalue weighted by Gasteiger charge is 2.22. The van der Waals surface area contributed by atoms with E-state index in [0.717, 1.165) is 32.3 Å². The van der Waals surface area contributed by atoms with Gasteiger partial charge in [-0.3, -0.25) is 4.79 Å². The molecule has 2 N–H and O–H groups in total. The number of anilines is 2. The molecular formula is C17H22FN3O3. The highest BCUT2D eigenvalue weighted by atomic mass is 19.1. The lowest BCUT2D eigenvalue weighted by Crippen LogP contribution is -2.31. The van der Waals surface area contributed by atoms with Crippen molar-refractivity contribution in [1.82, 2.24) is 5.32 Å². The van der Waals surface area contributed by atoms with Crippen LogP contribution in [0, 0.1) is 5.82 Å². The van der Waals surface area contributed by atoms with Crippen molar-refractivity contribution < 1.29 is 18.7 Å². The van der Waals surface area contributed by atoms with Gasteiger partial charge in [-0.2, -0.15) is 0 Å². The number of carbonyl (C=O) groups excluding carboxylic acids is 2. The van der Waals surface area contributed by atoms with Gasteiger partial charge in [-0.15, -0.1) is 0 Å². The maximum Gasteiger partial charge on any atom is 0.319 e. The van der Waals surface area contributed by atoms with Crippen molar-refractivity contribution in [3.63, 3.8) is 0 Å². The fraction of sp³-hybridized carbons (Fsp3) is 0.529. The Hall–Kier alpha value is -2.15. The molecular weight excluding hydrogens is 313 g/mol. The van der Waals surface area contributed by atoms with Gasteiger partial charge in [0.1, 0.15) is 5.82 Å². The summed E-state index contributed by atoms with van der Waals surface area (Å²) in [6, 6.07) is 3.86. The van der Waals surface area contributed by atoms with Gasteiger partial charge in [0.25, 0.3) is 0 Å². The molecule has 0 spiro atoms. The third kappa shape index (κ3) is 4.03. The summed E-state index contributed by atoms with van der Waals surface area (Å²) in [7, 11) is 0. The van der Waals surface area contributed by atoms with Crippen molar-refractivity contribution in [1.29, 1.82) is 0 Å². The molecule has 0 saturated carbocycles. The highest BCUT2D eigenvalue weighted by molar-refractivity contribution is 5.96. The first-order valence-electron chi connectivity index (χ1n) is 8.40. The largest absolute Gasteiger partial charge is 0.378 e. The Morgan fingerprint density at radius 1 is 1.38 bits per heavy atom. The van der Waals surface area contributed by atoms with Crippen LogP contribution in [-0.4, -0.2) is 37.7 Å². The van der Waals surface area contributed by atoms with Crippen molar-refractivity contribution in [3.05, 3.63) is 24.0 Å². The van der Waals surface area contributed by atoms with Crippen molar-refractivity contribution in [2.24, 2.45) is 0 Å². The van der Waals surface area contributed by atoms with Gasteiger partial charge >= 0.3 is 6.03 Å². The molecule has 1 aromatic rings. The molecule has 130 valence electrons. The first-order valence-corrected chi connectivity index (χ1v) is 8.40. The van der Waals surface area contributed by atoms with Crippen LogP contribution in [0.5, 0.6) is 0 Å². The van der Waals surface area contributed by atoms with E-state index in [1.807, 2.05) is 0 Å². The van der Waals surface area contributed by atoms with E-state index in [9.17, 15) is 14.0 Å². The van der Waals surface area contributed by atoms with Gasteiger partial charge in [-0.1, -0.05) is 0 Å². The minimum absolute atomic E-state index is 0.0218. The highest BCUT2D eigenvalue weighted by Crippen LogP contribution is 2.26. The first kappa shape index (κ1) is 16.7. The fourth-order valence-corrected chi connectivity index (χ4v) is 3.08. The Labute approximate surface area is 140 Å². The summed E-state index contributed by atoms with van der Waals surface area (Å²) in [5, 5.41) is 5.22. The Morgan fingerprint density at radius 2 is 2.25 bits per heavy atom. The number of carbonyl (C=O) groups is 2. The van der Waals surface area contributed by atoms with Gasteiger partial charge in [0, 0.05) is 31.8 Å². The van der Waals surface area contributed by atoms with Crippen molar-refractivity contribution in [2.75, 3.05) is 29.9 Å². The van der Waals surface area contributed by atoms with E-state index >= 15 is 0 Å². The summed E-state index contributed by atoms with van der Waals surface area (Å²) in [5.41, 5.74) is 0.676. The molecule has 7 heteroatoms. The number of urea groups is 1. The monoisotopic (exact) mass is 335 g/mol. The van der Waals surface area contributed by atoms with Gasteiger partial charge < -0.3 is 20.3 Å². The number of nitrogens with zero attached hydrogens (tertiary/aromatic N) is 1. The first-order chi connectivity index (χ1) is 11.6. The van der Waals surface area contributed by atoms with E-state index in [1.165, 1.54) is 12.1 Å². The standard InChI is InChI=1S/C17H22FN3O3/c18-14-6-5-12(21-9-1-4-16(21)22)11-15(14)20-17(23)19-8-7-13-3-2-10-24-13/h5-6,11,13H,1-4,7-10H2,(H2,19,20,23). The number of rotatable bonds is 5. The van der Waals surface area contributed by atoms with E-state index in [0.29, 0.717) is 25.2 Å². The molecule has 3 amide bonds. The van der Waals surface area contributed by atoms with Crippen LogP contribution in [-0.2, 0) is 9.53 Å². The molecule has 2 heterocycles. The van der Waals surface area contributed by atoms with Gasteiger partial charge in [0.2, 0.25) is 5.91 Å². The molecule has 0 bridgehead atoms. The predicted octanol–water partition coefficient (Wildman–Crippen LogP) is 2.64. The molecule has 2 saturated heterocycles. The lowest BCUT2D eigenvalue weighted by Gasteiger charge is -2.17. The van der Waals surface area contributed by atoms with Crippen LogP contribution in [0.3, 0.4) is 0 Å². The molecule has 1 atom stereocenters. The van der Waals surface area contributed by atoms with Crippen LogP contribution >= 0.6 is 0 Å². The average molecular weight is 335 g/mol. The maximum absolute atomic E-state index is 13.9.